The summed E-state index contributed by atoms with van der Waals surface area (Å²) in [5.74, 6) is -0.515. The van der Waals surface area contributed by atoms with Gasteiger partial charge in [-0.2, -0.15) is 0 Å². The van der Waals surface area contributed by atoms with Crippen molar-refractivity contribution in [3.8, 4) is 0 Å². The minimum atomic E-state index is -0.258. The standard InChI is InChI=1S/C22H22N4O2/c1-25(2)15-9-5-13(6-10-15)19-17-18(22(28)23-19)20(24-21(17)27)14-7-11-16(12-8-14)26(3)4/h5-12H,1-4H3,(H,23,28)(H,24,27). The van der Waals surface area contributed by atoms with Crippen molar-refractivity contribution in [1.82, 2.24) is 10.6 Å². The van der Waals surface area contributed by atoms with Gasteiger partial charge in [-0.15, -0.1) is 0 Å². The van der Waals surface area contributed by atoms with Crippen LogP contribution in [0.25, 0.3) is 11.4 Å². The molecule has 2 aromatic rings. The Labute approximate surface area is 164 Å². The van der Waals surface area contributed by atoms with Gasteiger partial charge in [0, 0.05) is 39.6 Å². The van der Waals surface area contributed by atoms with Crippen LogP contribution in [0.5, 0.6) is 0 Å². The predicted molar refractivity (Wildman–Crippen MR) is 112 cm³/mol. The van der Waals surface area contributed by atoms with E-state index < -0.39 is 0 Å². The molecule has 2 amide bonds. The summed E-state index contributed by atoms with van der Waals surface area (Å²) in [6.07, 6.45) is 0. The van der Waals surface area contributed by atoms with E-state index in [1.165, 1.54) is 0 Å². The molecule has 0 bridgehead atoms. The maximum absolute atomic E-state index is 12.7. The first-order valence-electron chi connectivity index (χ1n) is 9.04. The number of nitrogens with zero attached hydrogens (tertiary/aromatic N) is 2. The van der Waals surface area contributed by atoms with Gasteiger partial charge < -0.3 is 20.4 Å². The van der Waals surface area contributed by atoms with E-state index in [2.05, 4.69) is 10.6 Å². The van der Waals surface area contributed by atoms with E-state index in [0.29, 0.717) is 22.5 Å². The molecule has 2 aliphatic heterocycles. The molecule has 2 aromatic carbocycles. The molecule has 0 fully saturated rings. The van der Waals surface area contributed by atoms with Crippen molar-refractivity contribution in [3.63, 3.8) is 0 Å². The molecule has 0 saturated heterocycles. The van der Waals surface area contributed by atoms with Crippen LogP contribution in [0.1, 0.15) is 11.1 Å². The van der Waals surface area contributed by atoms with Crippen LogP contribution < -0.4 is 20.4 Å². The van der Waals surface area contributed by atoms with Gasteiger partial charge in [0.15, 0.2) is 0 Å². The zero-order valence-corrected chi connectivity index (χ0v) is 16.3. The zero-order chi connectivity index (χ0) is 20.0. The molecule has 28 heavy (non-hydrogen) atoms. The van der Waals surface area contributed by atoms with Crippen LogP contribution in [0, 0.1) is 0 Å². The van der Waals surface area contributed by atoms with Crippen LogP contribution in [0.4, 0.5) is 11.4 Å². The van der Waals surface area contributed by atoms with Crippen LogP contribution in [0.2, 0.25) is 0 Å². The van der Waals surface area contributed by atoms with E-state index in [1.54, 1.807) is 0 Å². The second kappa shape index (κ2) is 6.56. The number of hydrogen-bond acceptors (Lipinski definition) is 4. The fourth-order valence-corrected chi connectivity index (χ4v) is 3.47. The molecule has 0 aromatic heterocycles. The number of rotatable bonds is 4. The minimum Gasteiger partial charge on any atom is -0.378 e. The number of anilines is 2. The Bertz CT molecular complexity index is 944. The van der Waals surface area contributed by atoms with Gasteiger partial charge in [-0.05, 0) is 35.4 Å². The number of carbonyl (C=O) groups is 2. The second-order valence-corrected chi connectivity index (χ2v) is 7.29. The number of hydrogen-bond donors (Lipinski definition) is 2. The lowest BCUT2D eigenvalue weighted by atomic mass is 10.0. The number of benzene rings is 2. The summed E-state index contributed by atoms with van der Waals surface area (Å²) < 4.78 is 0. The third kappa shape index (κ3) is 2.83. The monoisotopic (exact) mass is 374 g/mol. The molecule has 0 aliphatic carbocycles. The van der Waals surface area contributed by atoms with Gasteiger partial charge in [-0.3, -0.25) is 9.59 Å². The summed E-state index contributed by atoms with van der Waals surface area (Å²) in [6, 6.07) is 15.5. The Balaban J connectivity index is 1.78. The summed E-state index contributed by atoms with van der Waals surface area (Å²) in [5, 5.41) is 5.76. The highest BCUT2D eigenvalue weighted by molar-refractivity contribution is 6.30. The lowest BCUT2D eigenvalue weighted by molar-refractivity contribution is -0.117. The van der Waals surface area contributed by atoms with E-state index in [-0.39, 0.29) is 11.8 Å². The average molecular weight is 374 g/mol. The van der Waals surface area contributed by atoms with Gasteiger partial charge in [-0.1, -0.05) is 24.3 Å². The first-order valence-corrected chi connectivity index (χ1v) is 9.04. The molecule has 2 N–H and O–H groups in total. The zero-order valence-electron chi connectivity index (χ0n) is 16.3. The van der Waals surface area contributed by atoms with E-state index in [9.17, 15) is 9.59 Å². The molecular formula is C22H22N4O2. The summed E-state index contributed by atoms with van der Waals surface area (Å²) in [4.78, 5) is 29.4. The lowest BCUT2D eigenvalue weighted by Crippen LogP contribution is -2.21. The van der Waals surface area contributed by atoms with E-state index in [0.717, 1.165) is 22.5 Å². The van der Waals surface area contributed by atoms with Crippen molar-refractivity contribution in [1.29, 1.82) is 0 Å². The quantitative estimate of drug-likeness (QED) is 0.861. The van der Waals surface area contributed by atoms with E-state index in [4.69, 9.17) is 0 Å². The van der Waals surface area contributed by atoms with Crippen LogP contribution in [0.3, 0.4) is 0 Å². The van der Waals surface area contributed by atoms with Crippen LogP contribution in [-0.2, 0) is 9.59 Å². The maximum Gasteiger partial charge on any atom is 0.258 e. The summed E-state index contributed by atoms with van der Waals surface area (Å²) in [5.41, 5.74) is 5.65. The predicted octanol–water partition coefficient (Wildman–Crippen LogP) is 2.20. The Kier molecular flexibility index (Phi) is 4.19. The van der Waals surface area contributed by atoms with Crippen molar-refractivity contribution in [2.24, 2.45) is 0 Å². The van der Waals surface area contributed by atoms with Gasteiger partial charge in [0.05, 0.1) is 22.5 Å². The normalized spacial score (nSPS) is 15.6. The molecule has 0 spiro atoms. The van der Waals surface area contributed by atoms with Crippen LogP contribution >= 0.6 is 0 Å². The Morgan fingerprint density at radius 1 is 0.571 bits per heavy atom. The fraction of sp³-hybridized carbons (Fsp3) is 0.182. The lowest BCUT2D eigenvalue weighted by Gasteiger charge is -2.14. The number of nitrogens with one attached hydrogen (secondary N) is 2. The number of fused-ring (bicyclic) bond motifs is 1. The van der Waals surface area contributed by atoms with Crippen molar-refractivity contribution in [2.45, 2.75) is 0 Å². The molecule has 4 rings (SSSR count). The highest BCUT2D eigenvalue weighted by Gasteiger charge is 2.40. The molecule has 2 aliphatic rings. The van der Waals surface area contributed by atoms with Gasteiger partial charge in [0.25, 0.3) is 11.8 Å². The molecular weight excluding hydrogens is 352 g/mol. The van der Waals surface area contributed by atoms with Crippen molar-refractivity contribution < 1.29 is 9.59 Å². The van der Waals surface area contributed by atoms with Gasteiger partial charge in [0.2, 0.25) is 0 Å². The Hall–Kier alpha value is -3.54. The van der Waals surface area contributed by atoms with Crippen LogP contribution in [-0.4, -0.2) is 40.0 Å². The SMILES string of the molecule is CN(C)c1ccc(C2=C3C(=O)NC(c4ccc(N(C)C)cc4)=C3C(=O)N2)cc1. The summed E-state index contributed by atoms with van der Waals surface area (Å²) >= 11 is 0. The Morgan fingerprint density at radius 2 is 0.893 bits per heavy atom. The largest absolute Gasteiger partial charge is 0.378 e. The van der Waals surface area contributed by atoms with Crippen molar-refractivity contribution in [2.75, 3.05) is 38.0 Å². The van der Waals surface area contributed by atoms with E-state index >= 15 is 0 Å². The topological polar surface area (TPSA) is 64.7 Å². The van der Waals surface area contributed by atoms with Crippen molar-refractivity contribution >= 4 is 34.6 Å². The third-order valence-electron chi connectivity index (χ3n) is 5.03. The summed E-state index contributed by atoms with van der Waals surface area (Å²) in [7, 11) is 7.86. The maximum atomic E-state index is 12.7. The molecule has 2 heterocycles. The van der Waals surface area contributed by atoms with Crippen molar-refractivity contribution in [3.05, 3.63) is 70.8 Å². The molecule has 6 heteroatoms. The fourth-order valence-electron chi connectivity index (χ4n) is 3.47. The highest BCUT2D eigenvalue weighted by Crippen LogP contribution is 2.37. The highest BCUT2D eigenvalue weighted by atomic mass is 16.2. The average Bonchev–Trinajstić information content (AvgIpc) is 3.20. The smallest absolute Gasteiger partial charge is 0.258 e. The van der Waals surface area contributed by atoms with Crippen LogP contribution in [0.15, 0.2) is 59.7 Å². The van der Waals surface area contributed by atoms with E-state index in [1.807, 2.05) is 86.5 Å². The molecule has 142 valence electrons. The summed E-state index contributed by atoms with van der Waals surface area (Å²) in [6.45, 7) is 0. The minimum absolute atomic E-state index is 0.258. The van der Waals surface area contributed by atoms with Gasteiger partial charge >= 0.3 is 0 Å². The molecule has 0 saturated carbocycles. The molecule has 6 nitrogen and oxygen atoms in total. The first-order chi connectivity index (χ1) is 13.4. The second-order valence-electron chi connectivity index (χ2n) is 7.29. The van der Waals surface area contributed by atoms with Gasteiger partial charge in [-0.25, -0.2) is 0 Å². The van der Waals surface area contributed by atoms with Gasteiger partial charge in [0.1, 0.15) is 0 Å². The third-order valence-corrected chi connectivity index (χ3v) is 5.03. The first kappa shape index (κ1) is 17.9. The molecule has 0 unspecified atom stereocenters. The number of carbonyl (C=O) groups excluding carboxylic acids is 2. The molecule has 0 atom stereocenters. The molecule has 0 radical (unpaired) electrons. The Morgan fingerprint density at radius 3 is 1.18 bits per heavy atom. The number of amides is 2.